The van der Waals surface area contributed by atoms with Crippen LogP contribution in [-0.4, -0.2) is 35.7 Å². The summed E-state index contributed by atoms with van der Waals surface area (Å²) in [5.41, 5.74) is -0.192. The van der Waals surface area contributed by atoms with Crippen LogP contribution in [0.3, 0.4) is 0 Å². The number of aromatic amines is 1. The molecule has 1 atom stereocenters. The minimum Gasteiger partial charge on any atom is -0.550 e. The predicted octanol–water partition coefficient (Wildman–Crippen LogP) is -2.17. The molecule has 0 spiro atoms. The van der Waals surface area contributed by atoms with E-state index < -0.39 is 27.4 Å². The van der Waals surface area contributed by atoms with Crippen molar-refractivity contribution in [3.8, 4) is 0 Å². The van der Waals surface area contributed by atoms with Crippen LogP contribution in [0.2, 0.25) is 0 Å². The van der Waals surface area contributed by atoms with Crippen molar-refractivity contribution in [3.05, 3.63) is 22.1 Å². The molecule has 1 aliphatic rings. The molecule has 0 saturated carbocycles. The lowest BCUT2D eigenvalue weighted by atomic mass is 10.3. The van der Waals surface area contributed by atoms with E-state index in [2.05, 4.69) is 5.10 Å². The highest BCUT2D eigenvalue weighted by molar-refractivity contribution is 7.91. The van der Waals surface area contributed by atoms with Gasteiger partial charge in [0, 0.05) is 24.2 Å². The Labute approximate surface area is 97.0 Å². The molecular weight excluding hydrogens is 248 g/mol. The number of aliphatic carboxylic acids is 1. The molecule has 0 unspecified atom stereocenters. The minimum atomic E-state index is -3.08. The fourth-order valence-corrected chi connectivity index (χ4v) is 3.66. The first-order valence-electron chi connectivity index (χ1n) is 5.08. The third kappa shape index (κ3) is 2.57. The van der Waals surface area contributed by atoms with Crippen LogP contribution < -0.4 is 10.7 Å². The first-order chi connectivity index (χ1) is 7.87. The number of carboxylic acid groups (broad SMARTS) is 1. The van der Waals surface area contributed by atoms with Gasteiger partial charge in [-0.2, -0.15) is 0 Å². The number of aromatic nitrogens is 2. The standard InChI is InChI=1S/C9H12N2O5S/c12-8-3-6(4-9(13)14)10-11(8)7-1-2-17(15,16)5-7/h3,7,10H,1-2,4-5H2,(H,13,14)/p-1/t7-/m0/s1. The van der Waals surface area contributed by atoms with E-state index >= 15 is 0 Å². The Bertz CT molecular complexity index is 597. The molecule has 2 heterocycles. The highest BCUT2D eigenvalue weighted by atomic mass is 32.2. The Morgan fingerprint density at radius 1 is 1.59 bits per heavy atom. The Balaban J connectivity index is 2.25. The molecular formula is C9H11N2O5S-. The van der Waals surface area contributed by atoms with Crippen molar-refractivity contribution >= 4 is 15.8 Å². The fourth-order valence-electron chi connectivity index (χ4n) is 1.96. The van der Waals surface area contributed by atoms with Crippen LogP contribution in [0.25, 0.3) is 0 Å². The van der Waals surface area contributed by atoms with E-state index in [1.54, 1.807) is 0 Å². The van der Waals surface area contributed by atoms with Crippen molar-refractivity contribution in [2.45, 2.75) is 18.9 Å². The summed E-state index contributed by atoms with van der Waals surface area (Å²) in [6, 6.07) is 0.726. The zero-order valence-electron chi connectivity index (χ0n) is 8.88. The lowest BCUT2D eigenvalue weighted by Crippen LogP contribution is -2.25. The molecule has 17 heavy (non-hydrogen) atoms. The summed E-state index contributed by atoms with van der Waals surface area (Å²) in [5, 5.41) is 13.0. The van der Waals surface area contributed by atoms with Crippen LogP contribution in [0.15, 0.2) is 10.9 Å². The molecule has 1 aromatic heterocycles. The van der Waals surface area contributed by atoms with Crippen LogP contribution in [0, 0.1) is 0 Å². The van der Waals surface area contributed by atoms with Gasteiger partial charge in [0.1, 0.15) is 0 Å². The van der Waals surface area contributed by atoms with Crippen molar-refractivity contribution in [1.82, 2.24) is 9.78 Å². The van der Waals surface area contributed by atoms with Crippen LogP contribution in [0.4, 0.5) is 0 Å². The molecule has 1 fully saturated rings. The number of carbonyl (C=O) groups excluding carboxylic acids is 1. The summed E-state index contributed by atoms with van der Waals surface area (Å²) in [7, 11) is -3.08. The number of rotatable bonds is 3. The molecule has 0 aliphatic carbocycles. The van der Waals surface area contributed by atoms with Gasteiger partial charge >= 0.3 is 0 Å². The Hall–Kier alpha value is -1.57. The third-order valence-corrected chi connectivity index (χ3v) is 4.46. The lowest BCUT2D eigenvalue weighted by molar-refractivity contribution is -0.304. The summed E-state index contributed by atoms with van der Waals surface area (Å²) < 4.78 is 23.7. The van der Waals surface area contributed by atoms with Gasteiger partial charge < -0.3 is 9.90 Å². The van der Waals surface area contributed by atoms with Gasteiger partial charge in [-0.25, -0.2) is 13.1 Å². The molecule has 1 aromatic rings. The van der Waals surface area contributed by atoms with Crippen molar-refractivity contribution in [2.24, 2.45) is 0 Å². The van der Waals surface area contributed by atoms with E-state index in [0.717, 1.165) is 6.07 Å². The number of sulfone groups is 1. The van der Waals surface area contributed by atoms with Gasteiger partial charge in [0.2, 0.25) is 0 Å². The molecule has 1 aliphatic heterocycles. The number of nitrogens with one attached hydrogen (secondary N) is 1. The SMILES string of the molecule is O=C([O-])Cc1cc(=O)n([C@H]2CCS(=O)(=O)C2)[nH]1. The minimum absolute atomic E-state index is 0.0545. The molecule has 8 heteroatoms. The molecule has 7 nitrogen and oxygen atoms in total. The van der Waals surface area contributed by atoms with Gasteiger partial charge in [-0.15, -0.1) is 0 Å². The predicted molar refractivity (Wildman–Crippen MR) is 56.1 cm³/mol. The summed E-state index contributed by atoms with van der Waals surface area (Å²) in [6.07, 6.45) is -0.0186. The number of carboxylic acids is 1. The van der Waals surface area contributed by atoms with Gasteiger partial charge in [0.15, 0.2) is 9.84 Å². The summed E-state index contributed by atoms with van der Waals surface area (Å²) in [5.74, 6) is -1.32. The third-order valence-electron chi connectivity index (χ3n) is 2.71. The Morgan fingerprint density at radius 2 is 2.29 bits per heavy atom. The summed E-state index contributed by atoms with van der Waals surface area (Å²) in [6.45, 7) is 0. The molecule has 0 aromatic carbocycles. The molecule has 0 amide bonds. The van der Waals surface area contributed by atoms with E-state index in [0.29, 0.717) is 6.42 Å². The van der Waals surface area contributed by atoms with Crippen LogP contribution in [-0.2, 0) is 21.1 Å². The second-order valence-electron chi connectivity index (χ2n) is 4.10. The molecule has 94 valence electrons. The second-order valence-corrected chi connectivity index (χ2v) is 6.32. The zero-order valence-corrected chi connectivity index (χ0v) is 9.70. The number of hydrogen-bond donors (Lipinski definition) is 1. The summed E-state index contributed by atoms with van der Waals surface area (Å²) >= 11 is 0. The normalized spacial score (nSPS) is 22.7. The maximum absolute atomic E-state index is 11.5. The van der Waals surface area contributed by atoms with Crippen molar-refractivity contribution in [3.63, 3.8) is 0 Å². The summed E-state index contributed by atoms with van der Waals surface area (Å²) in [4.78, 5) is 21.9. The molecule has 1 saturated heterocycles. The quantitative estimate of drug-likeness (QED) is 0.663. The van der Waals surface area contributed by atoms with Crippen molar-refractivity contribution in [2.75, 3.05) is 11.5 Å². The fraction of sp³-hybridized carbons (Fsp3) is 0.556. The van der Waals surface area contributed by atoms with Crippen LogP contribution in [0.1, 0.15) is 18.2 Å². The van der Waals surface area contributed by atoms with E-state index in [4.69, 9.17) is 0 Å². The monoisotopic (exact) mass is 259 g/mol. The van der Waals surface area contributed by atoms with Gasteiger partial charge in [0.25, 0.3) is 5.56 Å². The highest BCUT2D eigenvalue weighted by Gasteiger charge is 2.30. The van der Waals surface area contributed by atoms with Crippen LogP contribution in [0.5, 0.6) is 0 Å². The highest BCUT2D eigenvalue weighted by Crippen LogP contribution is 2.21. The van der Waals surface area contributed by atoms with Gasteiger partial charge in [-0.1, -0.05) is 0 Å². The van der Waals surface area contributed by atoms with E-state index in [1.165, 1.54) is 4.68 Å². The largest absolute Gasteiger partial charge is 0.550 e. The molecule has 2 rings (SSSR count). The molecule has 0 radical (unpaired) electrons. The Morgan fingerprint density at radius 3 is 2.82 bits per heavy atom. The zero-order chi connectivity index (χ0) is 12.6. The van der Waals surface area contributed by atoms with Gasteiger partial charge in [-0.3, -0.25) is 9.89 Å². The van der Waals surface area contributed by atoms with E-state index in [-0.39, 0.29) is 23.6 Å². The van der Waals surface area contributed by atoms with Crippen molar-refractivity contribution < 1.29 is 18.3 Å². The van der Waals surface area contributed by atoms with Gasteiger partial charge in [-0.05, 0) is 6.42 Å². The molecule has 1 N–H and O–H groups in total. The number of nitrogens with zero attached hydrogens (tertiary/aromatic N) is 1. The van der Waals surface area contributed by atoms with E-state index in [1.807, 2.05) is 0 Å². The number of carbonyl (C=O) groups is 1. The first-order valence-corrected chi connectivity index (χ1v) is 6.90. The Kier molecular flexibility index (Phi) is 2.82. The average Bonchev–Trinajstić information content (AvgIpc) is 2.68. The maximum atomic E-state index is 11.5. The average molecular weight is 259 g/mol. The first kappa shape index (κ1) is 11.9. The number of hydrogen-bond acceptors (Lipinski definition) is 5. The lowest BCUT2D eigenvalue weighted by Gasteiger charge is -2.08. The number of H-pyrrole nitrogens is 1. The maximum Gasteiger partial charge on any atom is 0.267 e. The van der Waals surface area contributed by atoms with Gasteiger partial charge in [0.05, 0.1) is 17.5 Å². The van der Waals surface area contributed by atoms with Crippen molar-refractivity contribution in [1.29, 1.82) is 0 Å². The topological polar surface area (TPSA) is 112 Å². The second kappa shape index (κ2) is 4.02. The van der Waals surface area contributed by atoms with Crippen LogP contribution >= 0.6 is 0 Å². The smallest absolute Gasteiger partial charge is 0.267 e. The van der Waals surface area contributed by atoms with E-state index in [9.17, 15) is 23.1 Å². The molecule has 0 bridgehead atoms.